The molecule has 3 aliphatic carbocycles. The topological polar surface area (TPSA) is 3.24 Å². The summed E-state index contributed by atoms with van der Waals surface area (Å²) in [6, 6.07) is 77.1. The third-order valence-electron chi connectivity index (χ3n) is 15.4. The zero-order valence-corrected chi connectivity index (χ0v) is 40.0. The molecule has 0 heterocycles. The molecule has 0 saturated carbocycles. The van der Waals surface area contributed by atoms with Crippen LogP contribution in [0.25, 0.3) is 33.4 Å². The Morgan fingerprint density at radius 3 is 1.15 bits per heavy atom. The van der Waals surface area contributed by atoms with Gasteiger partial charge in [0.05, 0.1) is 10.8 Å². The Bertz CT molecular complexity index is 3320. The molecular formula is C66H57N. The van der Waals surface area contributed by atoms with Gasteiger partial charge in [0.1, 0.15) is 0 Å². The van der Waals surface area contributed by atoms with Crippen molar-refractivity contribution in [3.05, 3.63) is 267 Å². The fraction of sp³-hybridized carbons (Fsp3) is 0.182. The normalized spacial score (nSPS) is 14.5. The predicted molar refractivity (Wildman–Crippen MR) is 282 cm³/mol. The highest BCUT2D eigenvalue weighted by Gasteiger charge is 2.52. The minimum atomic E-state index is -0.561. The molecule has 0 aliphatic heterocycles. The Hall–Kier alpha value is -7.22. The maximum atomic E-state index is 2.52. The zero-order valence-electron chi connectivity index (χ0n) is 40.0. The van der Waals surface area contributed by atoms with Gasteiger partial charge in [0, 0.05) is 17.1 Å². The quantitative estimate of drug-likeness (QED) is 0.167. The Morgan fingerprint density at radius 2 is 0.687 bits per heavy atom. The molecule has 0 N–H and O–H groups in total. The molecule has 1 spiro atoms. The first-order chi connectivity index (χ1) is 32.3. The number of fused-ring (bicyclic) bond motifs is 13. The average Bonchev–Trinajstić information content (AvgIpc) is 3.90. The molecule has 3 aliphatic rings. The van der Waals surface area contributed by atoms with Crippen LogP contribution in [0.15, 0.2) is 200 Å². The smallest absolute Gasteiger partial charge is 0.0726 e. The monoisotopic (exact) mass is 863 g/mol. The zero-order chi connectivity index (χ0) is 46.0. The highest BCUT2D eigenvalue weighted by atomic mass is 15.1. The summed E-state index contributed by atoms with van der Waals surface area (Å²) in [5.41, 5.74) is 26.1. The van der Waals surface area contributed by atoms with Crippen LogP contribution in [0.3, 0.4) is 0 Å². The minimum Gasteiger partial charge on any atom is -0.310 e. The summed E-state index contributed by atoms with van der Waals surface area (Å²) in [7, 11) is 0. The van der Waals surface area contributed by atoms with Crippen molar-refractivity contribution in [1.29, 1.82) is 0 Å². The van der Waals surface area contributed by atoms with Crippen LogP contribution >= 0.6 is 0 Å². The van der Waals surface area contributed by atoms with Crippen molar-refractivity contribution < 1.29 is 0 Å². The average molecular weight is 864 g/mol. The van der Waals surface area contributed by atoms with Crippen molar-refractivity contribution in [3.8, 4) is 33.4 Å². The molecular weight excluding hydrogens is 807 g/mol. The van der Waals surface area contributed by atoms with Crippen molar-refractivity contribution in [1.82, 2.24) is 0 Å². The van der Waals surface area contributed by atoms with E-state index in [1.165, 1.54) is 100 Å². The van der Waals surface area contributed by atoms with E-state index in [1.54, 1.807) is 0 Å². The summed E-state index contributed by atoms with van der Waals surface area (Å²) in [5.74, 6) is 0. The van der Waals surface area contributed by atoms with Crippen LogP contribution in [0, 0.1) is 13.8 Å². The lowest BCUT2D eigenvalue weighted by atomic mass is 9.67. The van der Waals surface area contributed by atoms with Crippen molar-refractivity contribution in [2.45, 2.75) is 77.0 Å². The predicted octanol–water partition coefficient (Wildman–Crippen LogP) is 17.1. The molecule has 1 nitrogen and oxygen atoms in total. The van der Waals surface area contributed by atoms with E-state index in [0.29, 0.717) is 0 Å². The van der Waals surface area contributed by atoms with Gasteiger partial charge in [-0.2, -0.15) is 0 Å². The van der Waals surface area contributed by atoms with Gasteiger partial charge in [-0.3, -0.25) is 0 Å². The first-order valence-corrected chi connectivity index (χ1v) is 24.1. The number of hydrogen-bond acceptors (Lipinski definition) is 1. The van der Waals surface area contributed by atoms with Crippen LogP contribution in [-0.2, 0) is 21.7 Å². The maximum absolute atomic E-state index is 2.52. The van der Waals surface area contributed by atoms with E-state index in [9.17, 15) is 0 Å². The van der Waals surface area contributed by atoms with Gasteiger partial charge < -0.3 is 4.90 Å². The van der Waals surface area contributed by atoms with E-state index in [4.69, 9.17) is 0 Å². The molecule has 326 valence electrons. The first-order valence-electron chi connectivity index (χ1n) is 24.1. The maximum Gasteiger partial charge on any atom is 0.0726 e. The van der Waals surface area contributed by atoms with Crippen molar-refractivity contribution >= 4 is 17.1 Å². The second-order valence-corrected chi connectivity index (χ2v) is 21.5. The molecule has 9 aromatic carbocycles. The Morgan fingerprint density at radius 1 is 0.299 bits per heavy atom. The van der Waals surface area contributed by atoms with Gasteiger partial charge in [0.2, 0.25) is 0 Å². The molecule has 1 heteroatoms. The van der Waals surface area contributed by atoms with Crippen LogP contribution in [0.4, 0.5) is 17.1 Å². The third kappa shape index (κ3) is 5.93. The summed E-state index contributed by atoms with van der Waals surface area (Å²) in [5, 5.41) is 0. The summed E-state index contributed by atoms with van der Waals surface area (Å²) < 4.78 is 0. The van der Waals surface area contributed by atoms with Crippen LogP contribution < -0.4 is 4.90 Å². The Kier molecular flexibility index (Phi) is 9.01. The van der Waals surface area contributed by atoms with Gasteiger partial charge in [-0.1, -0.05) is 216 Å². The van der Waals surface area contributed by atoms with Gasteiger partial charge in [0.15, 0.2) is 0 Å². The van der Waals surface area contributed by atoms with Crippen molar-refractivity contribution in [3.63, 3.8) is 0 Å². The summed E-state index contributed by atoms with van der Waals surface area (Å²) in [6.45, 7) is 18.3. The first kappa shape index (κ1) is 41.2. The molecule has 0 radical (unpaired) electrons. The van der Waals surface area contributed by atoms with E-state index >= 15 is 0 Å². The molecule has 0 fully saturated rings. The number of anilines is 3. The molecule has 0 saturated heterocycles. The molecule has 0 amide bonds. The third-order valence-corrected chi connectivity index (χ3v) is 15.4. The summed E-state index contributed by atoms with van der Waals surface area (Å²) in [6.07, 6.45) is 0. The number of nitrogens with zero attached hydrogens (tertiary/aromatic N) is 1. The second kappa shape index (κ2) is 14.6. The van der Waals surface area contributed by atoms with Gasteiger partial charge in [-0.25, -0.2) is 0 Å². The second-order valence-electron chi connectivity index (χ2n) is 21.5. The van der Waals surface area contributed by atoms with E-state index in [2.05, 4.69) is 260 Å². The fourth-order valence-electron chi connectivity index (χ4n) is 12.2. The van der Waals surface area contributed by atoms with Crippen LogP contribution in [0.5, 0.6) is 0 Å². The van der Waals surface area contributed by atoms with E-state index < -0.39 is 10.8 Å². The largest absolute Gasteiger partial charge is 0.310 e. The fourth-order valence-corrected chi connectivity index (χ4v) is 12.2. The minimum absolute atomic E-state index is 0.0330. The lowest BCUT2D eigenvalue weighted by molar-refractivity contribution is 0.588. The molecule has 0 unspecified atom stereocenters. The van der Waals surface area contributed by atoms with Crippen molar-refractivity contribution in [2.24, 2.45) is 0 Å². The standard InChI is InChI=1S/C66H57N/c1-42-22-36-59-55(38-42)56-39-43(2)23-37-60(56)66(59)58-21-15-13-19-52(58)54-35-33-50(41-62(54)66)67(48-16-10-9-11-17-48)49-32-34-53-51-18-12-14-20-57(51)65(61(53)40-49,46-28-24-44(25-29-46)63(3,4)5)47-30-26-45(27-31-47)64(6,7)8/h9-41H,1-8H3. The number of aryl methyl sites for hydroxylation is 2. The van der Waals surface area contributed by atoms with Gasteiger partial charge >= 0.3 is 0 Å². The highest BCUT2D eigenvalue weighted by molar-refractivity contribution is 5.97. The van der Waals surface area contributed by atoms with Crippen molar-refractivity contribution in [2.75, 3.05) is 4.90 Å². The SMILES string of the molecule is Cc1ccc2c(c1)-c1cc(C)ccc1C21c2ccccc2-c2ccc(N(c3ccccc3)c3ccc4c(c3)C(c3ccc(C(C)(C)C)cc3)(c3ccc(C(C)(C)C)cc3)c3ccccc3-4)cc21. The van der Waals surface area contributed by atoms with Crippen LogP contribution in [0.1, 0.15) is 108 Å². The Labute approximate surface area is 397 Å². The lowest BCUT2D eigenvalue weighted by Gasteiger charge is -2.36. The molecule has 67 heavy (non-hydrogen) atoms. The molecule has 9 aromatic rings. The molecule has 0 bridgehead atoms. The lowest BCUT2D eigenvalue weighted by Crippen LogP contribution is -2.29. The van der Waals surface area contributed by atoms with Gasteiger partial charge in [0.25, 0.3) is 0 Å². The van der Waals surface area contributed by atoms with Gasteiger partial charge in [-0.05, 0) is 150 Å². The molecule has 0 aromatic heterocycles. The number of para-hydroxylation sites is 1. The summed E-state index contributed by atoms with van der Waals surface area (Å²) in [4.78, 5) is 2.50. The van der Waals surface area contributed by atoms with E-state index in [-0.39, 0.29) is 10.8 Å². The summed E-state index contributed by atoms with van der Waals surface area (Å²) >= 11 is 0. The number of hydrogen-bond donors (Lipinski definition) is 0. The van der Waals surface area contributed by atoms with E-state index in [0.717, 1.165) is 17.1 Å². The van der Waals surface area contributed by atoms with E-state index in [1.807, 2.05) is 0 Å². The highest BCUT2D eigenvalue weighted by Crippen LogP contribution is 2.64. The van der Waals surface area contributed by atoms with Crippen LogP contribution in [-0.4, -0.2) is 0 Å². The van der Waals surface area contributed by atoms with Crippen LogP contribution in [0.2, 0.25) is 0 Å². The molecule has 12 rings (SSSR count). The number of rotatable bonds is 5. The molecule has 0 atom stereocenters. The number of benzene rings is 9. The van der Waals surface area contributed by atoms with Gasteiger partial charge in [-0.15, -0.1) is 0 Å². The Balaban J connectivity index is 1.12.